The quantitative estimate of drug-likeness (QED) is 0.671. The molecule has 6 heteroatoms. The molecule has 0 aliphatic rings. The largest absolute Gasteiger partial charge is 0.465 e. The Morgan fingerprint density at radius 1 is 1.30 bits per heavy atom. The molecule has 2 rings (SSSR count). The number of halogens is 2. The molecule has 2 aromatic rings. The zero-order valence-corrected chi connectivity index (χ0v) is 11.4. The Morgan fingerprint density at radius 2 is 2.05 bits per heavy atom. The topological polar surface area (TPSA) is 64.3 Å². The molecule has 0 spiro atoms. The number of carbonyl (C=O) groups is 1. The minimum Gasteiger partial charge on any atom is -0.465 e. The van der Waals surface area contributed by atoms with E-state index in [1.807, 2.05) is 0 Å². The number of carbonyl (C=O) groups excluding carboxylic acids is 1. The highest BCUT2D eigenvalue weighted by atomic mass is 35.5. The molecule has 0 saturated carbocycles. The van der Waals surface area contributed by atoms with Gasteiger partial charge in [0, 0.05) is 11.4 Å². The van der Waals surface area contributed by atoms with E-state index in [-0.39, 0.29) is 10.6 Å². The zero-order chi connectivity index (χ0) is 14.7. The number of hydrogen-bond acceptors (Lipinski definition) is 4. The van der Waals surface area contributed by atoms with E-state index in [4.69, 9.17) is 17.3 Å². The maximum absolute atomic E-state index is 13.0. The van der Waals surface area contributed by atoms with Crippen LogP contribution in [0.1, 0.15) is 10.4 Å². The highest BCUT2D eigenvalue weighted by Gasteiger charge is 2.11. The second-order valence-corrected chi connectivity index (χ2v) is 4.45. The van der Waals surface area contributed by atoms with Gasteiger partial charge in [0.2, 0.25) is 0 Å². The van der Waals surface area contributed by atoms with Gasteiger partial charge in [0.25, 0.3) is 0 Å². The number of rotatable bonds is 3. The van der Waals surface area contributed by atoms with Crippen molar-refractivity contribution in [3.63, 3.8) is 0 Å². The summed E-state index contributed by atoms with van der Waals surface area (Å²) < 4.78 is 17.6. The molecule has 0 bridgehead atoms. The average molecular weight is 295 g/mol. The van der Waals surface area contributed by atoms with Gasteiger partial charge in [-0.1, -0.05) is 11.6 Å². The van der Waals surface area contributed by atoms with Gasteiger partial charge < -0.3 is 15.8 Å². The maximum Gasteiger partial charge on any atom is 0.340 e. The molecule has 3 N–H and O–H groups in total. The lowest BCUT2D eigenvalue weighted by atomic mass is 10.1. The van der Waals surface area contributed by atoms with Crippen molar-refractivity contribution >= 4 is 34.6 Å². The zero-order valence-electron chi connectivity index (χ0n) is 10.6. The molecule has 0 heterocycles. The third kappa shape index (κ3) is 3.00. The molecule has 0 saturated heterocycles. The molecule has 0 amide bonds. The number of benzene rings is 2. The van der Waals surface area contributed by atoms with Gasteiger partial charge in [-0.2, -0.15) is 0 Å². The lowest BCUT2D eigenvalue weighted by Gasteiger charge is -2.11. The van der Waals surface area contributed by atoms with E-state index in [1.165, 1.54) is 25.3 Å². The average Bonchev–Trinajstić information content (AvgIpc) is 2.43. The molecular formula is C14H12ClFN2O2. The number of esters is 1. The molecule has 0 aliphatic carbocycles. The smallest absolute Gasteiger partial charge is 0.340 e. The van der Waals surface area contributed by atoms with Crippen LogP contribution in [-0.2, 0) is 4.74 Å². The van der Waals surface area contributed by atoms with Crippen molar-refractivity contribution in [3.05, 3.63) is 52.8 Å². The van der Waals surface area contributed by atoms with E-state index in [0.29, 0.717) is 17.1 Å². The highest BCUT2D eigenvalue weighted by molar-refractivity contribution is 6.33. The third-order valence-electron chi connectivity index (χ3n) is 2.67. The number of anilines is 3. The fourth-order valence-electron chi connectivity index (χ4n) is 1.67. The summed E-state index contributed by atoms with van der Waals surface area (Å²) >= 11 is 5.92. The number of nitrogens with one attached hydrogen (secondary N) is 1. The highest BCUT2D eigenvalue weighted by Crippen LogP contribution is 2.27. The van der Waals surface area contributed by atoms with Gasteiger partial charge in [-0.05, 0) is 36.4 Å². The van der Waals surface area contributed by atoms with Crippen LogP contribution in [0, 0.1) is 5.82 Å². The van der Waals surface area contributed by atoms with Crippen LogP contribution in [0.25, 0.3) is 0 Å². The fraction of sp³-hybridized carbons (Fsp3) is 0.0714. The summed E-state index contributed by atoms with van der Waals surface area (Å²) in [7, 11) is 1.28. The summed E-state index contributed by atoms with van der Waals surface area (Å²) in [6.45, 7) is 0. The Bertz CT molecular complexity index is 662. The normalized spacial score (nSPS) is 10.2. The molecule has 20 heavy (non-hydrogen) atoms. The predicted molar refractivity (Wildman–Crippen MR) is 76.9 cm³/mol. The molecule has 0 aliphatic heterocycles. The fourth-order valence-corrected chi connectivity index (χ4v) is 1.88. The van der Waals surface area contributed by atoms with E-state index in [1.54, 1.807) is 18.2 Å². The van der Waals surface area contributed by atoms with Crippen molar-refractivity contribution in [3.8, 4) is 0 Å². The van der Waals surface area contributed by atoms with Gasteiger partial charge in [-0.15, -0.1) is 0 Å². The van der Waals surface area contributed by atoms with Crippen LogP contribution in [0.4, 0.5) is 21.5 Å². The lowest BCUT2D eigenvalue weighted by molar-refractivity contribution is 0.0602. The Labute approximate surface area is 120 Å². The Hall–Kier alpha value is -2.27. The maximum atomic E-state index is 13.0. The molecular weight excluding hydrogens is 283 g/mol. The van der Waals surface area contributed by atoms with Crippen molar-refractivity contribution in [1.82, 2.24) is 0 Å². The number of methoxy groups -OCH3 is 1. The van der Waals surface area contributed by atoms with Crippen LogP contribution in [0.2, 0.25) is 5.02 Å². The molecule has 2 aromatic carbocycles. The molecule has 0 fully saturated rings. The van der Waals surface area contributed by atoms with Crippen molar-refractivity contribution in [2.75, 3.05) is 18.2 Å². The summed E-state index contributed by atoms with van der Waals surface area (Å²) in [5.74, 6) is -0.954. The lowest BCUT2D eigenvalue weighted by Crippen LogP contribution is -2.06. The van der Waals surface area contributed by atoms with Gasteiger partial charge in [0.1, 0.15) is 5.82 Å². The molecule has 0 atom stereocenters. The standard InChI is InChI=1S/C14H12ClFN2O2/c1-20-14(19)10-7-9(3-4-12(10)17)18-13-5-2-8(16)6-11(13)15/h2-7,18H,17H2,1H3. The van der Waals surface area contributed by atoms with Crippen LogP contribution in [-0.4, -0.2) is 13.1 Å². The molecule has 0 radical (unpaired) electrons. The van der Waals surface area contributed by atoms with E-state index >= 15 is 0 Å². The van der Waals surface area contributed by atoms with E-state index in [2.05, 4.69) is 10.1 Å². The minimum atomic E-state index is -0.531. The first-order valence-corrected chi connectivity index (χ1v) is 6.09. The number of hydrogen-bond donors (Lipinski definition) is 2. The van der Waals surface area contributed by atoms with E-state index in [0.717, 1.165) is 0 Å². The van der Waals surface area contributed by atoms with E-state index < -0.39 is 11.8 Å². The summed E-state index contributed by atoms with van der Waals surface area (Å²) in [4.78, 5) is 11.5. The molecule has 104 valence electrons. The van der Waals surface area contributed by atoms with Gasteiger partial charge in [0.05, 0.1) is 23.4 Å². The predicted octanol–water partition coefficient (Wildman–Crippen LogP) is 3.59. The van der Waals surface area contributed by atoms with Crippen LogP contribution >= 0.6 is 11.6 Å². The summed E-state index contributed by atoms with van der Waals surface area (Å²) in [6.07, 6.45) is 0. The molecule has 0 aromatic heterocycles. The SMILES string of the molecule is COC(=O)c1cc(Nc2ccc(F)cc2Cl)ccc1N. The van der Waals surface area contributed by atoms with Crippen LogP contribution < -0.4 is 11.1 Å². The molecule has 0 unspecified atom stereocenters. The van der Waals surface area contributed by atoms with E-state index in [9.17, 15) is 9.18 Å². The van der Waals surface area contributed by atoms with Crippen molar-refractivity contribution in [2.45, 2.75) is 0 Å². The summed E-state index contributed by atoms with van der Waals surface area (Å²) in [5, 5.41) is 3.22. The van der Waals surface area contributed by atoms with Gasteiger partial charge in [-0.3, -0.25) is 0 Å². The summed E-state index contributed by atoms with van der Waals surface area (Å²) in [6, 6.07) is 8.79. The number of nitrogens with two attached hydrogens (primary N) is 1. The van der Waals surface area contributed by atoms with Gasteiger partial charge >= 0.3 is 5.97 Å². The first-order chi connectivity index (χ1) is 9.51. The first kappa shape index (κ1) is 14.1. The third-order valence-corrected chi connectivity index (χ3v) is 2.98. The minimum absolute atomic E-state index is 0.237. The van der Waals surface area contributed by atoms with Crippen molar-refractivity contribution in [1.29, 1.82) is 0 Å². The van der Waals surface area contributed by atoms with Crippen molar-refractivity contribution < 1.29 is 13.9 Å². The number of ether oxygens (including phenoxy) is 1. The monoisotopic (exact) mass is 294 g/mol. The Kier molecular flexibility index (Phi) is 4.10. The van der Waals surface area contributed by atoms with Crippen LogP contribution in [0.3, 0.4) is 0 Å². The van der Waals surface area contributed by atoms with Gasteiger partial charge in [0.15, 0.2) is 0 Å². The molecule has 4 nitrogen and oxygen atoms in total. The summed E-state index contributed by atoms with van der Waals surface area (Å²) in [5.41, 5.74) is 7.38. The second kappa shape index (κ2) is 5.79. The number of nitrogen functional groups attached to an aromatic ring is 1. The van der Waals surface area contributed by atoms with Gasteiger partial charge in [-0.25, -0.2) is 9.18 Å². The van der Waals surface area contributed by atoms with Crippen molar-refractivity contribution in [2.24, 2.45) is 0 Å². The Morgan fingerprint density at radius 3 is 2.70 bits per heavy atom. The second-order valence-electron chi connectivity index (χ2n) is 4.04. The first-order valence-electron chi connectivity index (χ1n) is 5.71. The van der Waals surface area contributed by atoms with Crippen LogP contribution in [0.5, 0.6) is 0 Å². The Balaban J connectivity index is 2.32. The van der Waals surface area contributed by atoms with Crippen LogP contribution in [0.15, 0.2) is 36.4 Å².